The van der Waals surface area contributed by atoms with Gasteiger partial charge in [-0.1, -0.05) is 77.3 Å². The molecule has 1 amide bonds. The van der Waals surface area contributed by atoms with Gasteiger partial charge in [0.25, 0.3) is 0 Å². The number of para-hydroxylation sites is 1. The Balaban J connectivity index is 1.54. The molecule has 3 aliphatic heterocycles. The van der Waals surface area contributed by atoms with Crippen molar-refractivity contribution in [1.29, 1.82) is 0 Å². The summed E-state index contributed by atoms with van der Waals surface area (Å²) >= 11 is 18.9. The Morgan fingerprint density at radius 1 is 0.805 bits per heavy atom. The van der Waals surface area contributed by atoms with Crippen LogP contribution in [0.4, 0.5) is 5.69 Å². The number of amides is 1. The molecule has 1 N–H and O–H groups in total. The first kappa shape index (κ1) is 26.0. The van der Waals surface area contributed by atoms with Crippen LogP contribution in [0.15, 0.2) is 97.2 Å². The second kappa shape index (κ2) is 9.59. The van der Waals surface area contributed by atoms with E-state index in [-0.39, 0.29) is 28.1 Å². The fourth-order valence-corrected chi connectivity index (χ4v) is 7.44. The van der Waals surface area contributed by atoms with E-state index < -0.39 is 23.4 Å². The Labute approximate surface area is 251 Å². The number of hydrogen-bond acceptors (Lipinski definition) is 4. The van der Waals surface area contributed by atoms with Crippen molar-refractivity contribution in [2.24, 2.45) is 5.92 Å². The van der Waals surface area contributed by atoms with Gasteiger partial charge in [-0.3, -0.25) is 14.4 Å². The van der Waals surface area contributed by atoms with Crippen LogP contribution in [0.3, 0.4) is 0 Å². The Morgan fingerprint density at radius 3 is 2.29 bits per heavy atom. The maximum Gasteiger partial charge on any atom is 0.238 e. The predicted octanol–water partition coefficient (Wildman–Crippen LogP) is 7.63. The monoisotopic (exact) mass is 598 g/mol. The molecule has 7 rings (SSSR count). The number of anilines is 1. The van der Waals surface area contributed by atoms with Crippen molar-refractivity contribution in [3.8, 4) is 0 Å². The molecule has 1 saturated heterocycles. The Bertz CT molecular complexity index is 1800. The largest absolute Gasteiger partial charge is 0.358 e. The minimum atomic E-state index is -1.42. The lowest BCUT2D eigenvalue weighted by Gasteiger charge is -2.38. The third-order valence-corrected chi connectivity index (χ3v) is 9.25. The molecule has 5 nitrogen and oxygen atoms in total. The summed E-state index contributed by atoms with van der Waals surface area (Å²) in [5.41, 5.74) is 2.23. The lowest BCUT2D eigenvalue weighted by molar-refractivity contribution is -0.122. The molecule has 41 heavy (non-hydrogen) atoms. The minimum Gasteiger partial charge on any atom is -0.358 e. The fourth-order valence-electron chi connectivity index (χ4n) is 6.81. The number of carbonyl (C=O) groups is 3. The third kappa shape index (κ3) is 3.73. The molecule has 0 aliphatic carbocycles. The molecule has 0 unspecified atom stereocenters. The summed E-state index contributed by atoms with van der Waals surface area (Å²) < 4.78 is 0. The van der Waals surface area contributed by atoms with Crippen LogP contribution in [0, 0.1) is 5.92 Å². The van der Waals surface area contributed by atoms with Gasteiger partial charge in [-0.2, -0.15) is 0 Å². The Morgan fingerprint density at radius 2 is 1.51 bits per heavy atom. The van der Waals surface area contributed by atoms with E-state index in [1.165, 1.54) is 6.07 Å². The SMILES string of the molecule is O=C(c1ccc(Cl)cc1)[C@@H]1[C@H](C(=O)c2ccc(Cl)cc2Cl)N2C=Cc3ccccc3[C@H]2[C@]12C(=O)Nc1ccccc12. The Hall–Kier alpha value is -3.90. The van der Waals surface area contributed by atoms with Gasteiger partial charge in [-0.25, -0.2) is 0 Å². The third-order valence-electron chi connectivity index (χ3n) is 8.45. The van der Waals surface area contributed by atoms with Crippen LogP contribution in [-0.2, 0) is 10.2 Å². The fraction of sp³-hybridized carbons (Fsp3) is 0.121. The summed E-state index contributed by atoms with van der Waals surface area (Å²) in [6.45, 7) is 0. The van der Waals surface area contributed by atoms with Crippen LogP contribution in [0.25, 0.3) is 6.08 Å². The van der Waals surface area contributed by atoms with Gasteiger partial charge in [0.15, 0.2) is 11.6 Å². The first-order chi connectivity index (χ1) is 19.8. The summed E-state index contributed by atoms with van der Waals surface area (Å²) in [4.78, 5) is 45.6. The summed E-state index contributed by atoms with van der Waals surface area (Å²) in [5.74, 6) is -2.14. The van der Waals surface area contributed by atoms with Gasteiger partial charge in [-0.15, -0.1) is 0 Å². The van der Waals surface area contributed by atoms with E-state index in [0.717, 1.165) is 11.1 Å². The lowest BCUT2D eigenvalue weighted by Crippen LogP contribution is -2.49. The standard InChI is InChI=1S/C33H21Cl3N2O3/c34-20-11-9-19(10-12-20)29(39)27-28(30(40)23-14-13-21(35)17-25(23)36)38-16-15-18-5-1-2-6-22(18)31(38)33(27)24-7-3-4-8-26(24)37-32(33)41/h1-17,27-28,31H,(H,37,41)/t27-,28+,31-,33+/m0/s1. The topological polar surface area (TPSA) is 66.5 Å². The van der Waals surface area contributed by atoms with E-state index in [1.807, 2.05) is 65.7 Å². The quantitative estimate of drug-likeness (QED) is 0.245. The van der Waals surface area contributed by atoms with Gasteiger partial charge in [0.2, 0.25) is 5.91 Å². The maximum absolute atomic E-state index is 14.7. The molecule has 0 saturated carbocycles. The van der Waals surface area contributed by atoms with Crippen LogP contribution in [-0.4, -0.2) is 28.4 Å². The van der Waals surface area contributed by atoms with E-state index in [0.29, 0.717) is 26.9 Å². The normalized spacial score (nSPS) is 23.6. The molecule has 3 heterocycles. The molecule has 0 bridgehead atoms. The number of Topliss-reactive ketones (excluding diaryl/α,β-unsaturated/α-hetero) is 2. The number of halogens is 3. The maximum atomic E-state index is 14.7. The van der Waals surface area contributed by atoms with Gasteiger partial charge in [0.05, 0.1) is 17.0 Å². The highest BCUT2D eigenvalue weighted by Crippen LogP contribution is 2.62. The van der Waals surface area contributed by atoms with Gasteiger partial charge in [0, 0.05) is 33.1 Å². The van der Waals surface area contributed by atoms with E-state index in [2.05, 4.69) is 5.32 Å². The van der Waals surface area contributed by atoms with E-state index in [1.54, 1.807) is 36.4 Å². The molecule has 4 atom stereocenters. The highest BCUT2D eigenvalue weighted by molar-refractivity contribution is 6.37. The van der Waals surface area contributed by atoms with Gasteiger partial charge >= 0.3 is 0 Å². The van der Waals surface area contributed by atoms with Gasteiger partial charge < -0.3 is 10.2 Å². The molecule has 0 radical (unpaired) electrons. The molecule has 1 fully saturated rings. The zero-order valence-electron chi connectivity index (χ0n) is 21.4. The molecule has 202 valence electrons. The number of benzene rings is 4. The van der Waals surface area contributed by atoms with Crippen LogP contribution in [0.5, 0.6) is 0 Å². The van der Waals surface area contributed by atoms with Crippen LogP contribution in [0.2, 0.25) is 15.1 Å². The van der Waals surface area contributed by atoms with Crippen molar-refractivity contribution < 1.29 is 14.4 Å². The summed E-state index contributed by atoms with van der Waals surface area (Å²) in [5, 5.41) is 4.08. The smallest absolute Gasteiger partial charge is 0.238 e. The number of nitrogens with zero attached hydrogens (tertiary/aromatic N) is 1. The number of carbonyl (C=O) groups excluding carboxylic acids is 3. The second-order valence-corrected chi connectivity index (χ2v) is 11.7. The van der Waals surface area contributed by atoms with Crippen molar-refractivity contribution in [2.75, 3.05) is 5.32 Å². The van der Waals surface area contributed by atoms with E-state index >= 15 is 0 Å². The number of hydrogen-bond donors (Lipinski definition) is 1. The van der Waals surface area contributed by atoms with Crippen molar-refractivity contribution in [3.63, 3.8) is 0 Å². The summed E-state index contributed by atoms with van der Waals surface area (Å²) in [6.07, 6.45) is 3.74. The first-order valence-electron chi connectivity index (χ1n) is 13.1. The average molecular weight is 600 g/mol. The number of rotatable bonds is 4. The average Bonchev–Trinajstić information content (AvgIpc) is 3.45. The zero-order valence-corrected chi connectivity index (χ0v) is 23.6. The highest BCUT2D eigenvalue weighted by atomic mass is 35.5. The Kier molecular flexibility index (Phi) is 6.09. The van der Waals surface area contributed by atoms with Gasteiger partial charge in [-0.05, 0) is 71.3 Å². The number of nitrogens with one attached hydrogen (secondary N) is 1. The molecule has 1 spiro atoms. The number of fused-ring (bicyclic) bond motifs is 6. The summed E-state index contributed by atoms with van der Waals surface area (Å²) in [6, 6.07) is 24.7. The van der Waals surface area contributed by atoms with Crippen molar-refractivity contribution >= 4 is 64.0 Å². The van der Waals surface area contributed by atoms with Crippen LogP contribution >= 0.6 is 34.8 Å². The van der Waals surface area contributed by atoms with Crippen LogP contribution < -0.4 is 5.32 Å². The van der Waals surface area contributed by atoms with E-state index in [9.17, 15) is 14.4 Å². The van der Waals surface area contributed by atoms with Gasteiger partial charge in [0.1, 0.15) is 11.5 Å². The lowest BCUT2D eigenvalue weighted by atomic mass is 9.62. The molecule has 0 aromatic heterocycles. The molecule has 8 heteroatoms. The molecule has 4 aromatic rings. The van der Waals surface area contributed by atoms with Crippen molar-refractivity contribution in [3.05, 3.63) is 140 Å². The summed E-state index contributed by atoms with van der Waals surface area (Å²) in [7, 11) is 0. The molecule has 4 aromatic carbocycles. The first-order valence-corrected chi connectivity index (χ1v) is 14.2. The van der Waals surface area contributed by atoms with Crippen LogP contribution in [0.1, 0.15) is 43.4 Å². The second-order valence-electron chi connectivity index (χ2n) is 10.4. The molecular formula is C33H21Cl3N2O3. The zero-order chi connectivity index (χ0) is 28.5. The predicted molar refractivity (Wildman–Crippen MR) is 161 cm³/mol. The highest BCUT2D eigenvalue weighted by Gasteiger charge is 2.70. The van der Waals surface area contributed by atoms with Crippen molar-refractivity contribution in [1.82, 2.24) is 4.90 Å². The molecular weight excluding hydrogens is 579 g/mol. The van der Waals surface area contributed by atoms with E-state index in [4.69, 9.17) is 34.8 Å². The number of ketones is 2. The minimum absolute atomic E-state index is 0.176. The molecule has 3 aliphatic rings. The van der Waals surface area contributed by atoms with Crippen molar-refractivity contribution in [2.45, 2.75) is 17.5 Å².